The number of hydrogen-bond acceptors (Lipinski definition) is 3. The molecule has 0 aromatic heterocycles. The molecule has 74 valence electrons. The van der Waals surface area contributed by atoms with Crippen molar-refractivity contribution >= 4 is 5.71 Å². The first-order chi connectivity index (χ1) is 6.40. The van der Waals surface area contributed by atoms with Crippen molar-refractivity contribution in [3.05, 3.63) is 0 Å². The fourth-order valence-electron chi connectivity index (χ4n) is 2.55. The molecule has 13 heavy (non-hydrogen) atoms. The summed E-state index contributed by atoms with van der Waals surface area (Å²) < 4.78 is 0. The third-order valence-corrected chi connectivity index (χ3v) is 3.40. The first kappa shape index (κ1) is 9.00. The van der Waals surface area contributed by atoms with Crippen LogP contribution in [0.2, 0.25) is 0 Å². The summed E-state index contributed by atoms with van der Waals surface area (Å²) in [6.07, 6.45) is 7.86. The smallest absolute Gasteiger partial charge is 0.0401 e. The van der Waals surface area contributed by atoms with E-state index in [1.807, 2.05) is 0 Å². The standard InChI is InChI=1S/C10H19N3/c11-12-9-5-7-13(8-6-9)10-3-1-2-4-10/h10H,1-8,11H2. The van der Waals surface area contributed by atoms with Crippen molar-refractivity contribution in [3.63, 3.8) is 0 Å². The lowest BCUT2D eigenvalue weighted by molar-refractivity contribution is 0.198. The van der Waals surface area contributed by atoms with E-state index < -0.39 is 0 Å². The maximum absolute atomic E-state index is 5.27. The molecule has 0 bridgehead atoms. The summed E-state index contributed by atoms with van der Waals surface area (Å²) in [5.74, 6) is 5.27. The minimum atomic E-state index is 0.874. The minimum absolute atomic E-state index is 0.874. The Kier molecular flexibility index (Phi) is 2.83. The van der Waals surface area contributed by atoms with Gasteiger partial charge in [0.15, 0.2) is 0 Å². The van der Waals surface area contributed by atoms with Crippen molar-refractivity contribution in [2.24, 2.45) is 10.9 Å². The molecular formula is C10H19N3. The number of nitrogens with zero attached hydrogens (tertiary/aromatic N) is 2. The summed E-state index contributed by atoms with van der Waals surface area (Å²) in [6, 6.07) is 0.874. The van der Waals surface area contributed by atoms with Crippen LogP contribution in [-0.4, -0.2) is 29.7 Å². The molecule has 1 saturated carbocycles. The van der Waals surface area contributed by atoms with Gasteiger partial charge in [0.1, 0.15) is 0 Å². The first-order valence-corrected chi connectivity index (χ1v) is 5.40. The lowest BCUT2D eigenvalue weighted by Gasteiger charge is -2.32. The molecular weight excluding hydrogens is 162 g/mol. The van der Waals surface area contributed by atoms with Crippen LogP contribution in [0.15, 0.2) is 5.10 Å². The molecule has 2 aliphatic rings. The molecule has 0 amide bonds. The number of hydrogen-bond donors (Lipinski definition) is 1. The van der Waals surface area contributed by atoms with Crippen LogP contribution in [0.25, 0.3) is 0 Å². The van der Waals surface area contributed by atoms with Gasteiger partial charge < -0.3 is 5.84 Å². The van der Waals surface area contributed by atoms with E-state index in [1.165, 1.54) is 44.5 Å². The van der Waals surface area contributed by atoms with Gasteiger partial charge in [-0.25, -0.2) is 0 Å². The maximum atomic E-state index is 5.27. The number of nitrogens with two attached hydrogens (primary N) is 1. The summed E-state index contributed by atoms with van der Waals surface area (Å²) in [7, 11) is 0. The second-order valence-electron chi connectivity index (χ2n) is 4.17. The average molecular weight is 181 g/mol. The normalized spacial score (nSPS) is 26.6. The van der Waals surface area contributed by atoms with Gasteiger partial charge in [-0.3, -0.25) is 4.90 Å². The fraction of sp³-hybridized carbons (Fsp3) is 0.900. The Labute approximate surface area is 80.0 Å². The summed E-state index contributed by atoms with van der Waals surface area (Å²) in [6.45, 7) is 2.36. The summed E-state index contributed by atoms with van der Waals surface area (Å²) in [5.41, 5.74) is 1.20. The zero-order chi connectivity index (χ0) is 9.10. The number of likely N-dealkylation sites (tertiary alicyclic amines) is 1. The van der Waals surface area contributed by atoms with Crippen molar-refractivity contribution < 1.29 is 0 Å². The summed E-state index contributed by atoms with van der Waals surface area (Å²) in [4.78, 5) is 2.63. The van der Waals surface area contributed by atoms with E-state index in [0.717, 1.165) is 18.9 Å². The zero-order valence-corrected chi connectivity index (χ0v) is 8.21. The minimum Gasteiger partial charge on any atom is -0.323 e. The Balaban J connectivity index is 1.83. The monoisotopic (exact) mass is 181 g/mol. The SMILES string of the molecule is NN=C1CCN(C2CCCC2)CC1. The van der Waals surface area contributed by atoms with Crippen molar-refractivity contribution in [1.29, 1.82) is 0 Å². The van der Waals surface area contributed by atoms with Crippen LogP contribution >= 0.6 is 0 Å². The van der Waals surface area contributed by atoms with Crippen LogP contribution in [0.4, 0.5) is 0 Å². The van der Waals surface area contributed by atoms with Gasteiger partial charge in [-0.15, -0.1) is 0 Å². The van der Waals surface area contributed by atoms with E-state index in [2.05, 4.69) is 10.0 Å². The molecule has 0 spiro atoms. The van der Waals surface area contributed by atoms with Gasteiger partial charge in [-0.1, -0.05) is 12.8 Å². The van der Waals surface area contributed by atoms with Crippen molar-refractivity contribution in [2.75, 3.05) is 13.1 Å². The lowest BCUT2D eigenvalue weighted by Crippen LogP contribution is -2.40. The average Bonchev–Trinajstić information content (AvgIpc) is 2.71. The highest BCUT2D eigenvalue weighted by molar-refractivity contribution is 5.85. The van der Waals surface area contributed by atoms with Crippen molar-refractivity contribution in [1.82, 2.24) is 4.90 Å². The van der Waals surface area contributed by atoms with Gasteiger partial charge in [0, 0.05) is 37.7 Å². The molecule has 1 aliphatic heterocycles. The topological polar surface area (TPSA) is 41.6 Å². The van der Waals surface area contributed by atoms with E-state index in [4.69, 9.17) is 5.84 Å². The quantitative estimate of drug-likeness (QED) is 0.490. The molecule has 0 unspecified atom stereocenters. The van der Waals surface area contributed by atoms with Crippen LogP contribution in [0, 0.1) is 0 Å². The highest BCUT2D eigenvalue weighted by Crippen LogP contribution is 2.25. The molecule has 2 fully saturated rings. The molecule has 0 aromatic rings. The molecule has 1 aliphatic carbocycles. The van der Waals surface area contributed by atoms with Crippen LogP contribution < -0.4 is 5.84 Å². The van der Waals surface area contributed by atoms with Gasteiger partial charge in [-0.05, 0) is 12.8 Å². The summed E-state index contributed by atoms with van der Waals surface area (Å²) >= 11 is 0. The van der Waals surface area contributed by atoms with Gasteiger partial charge >= 0.3 is 0 Å². The van der Waals surface area contributed by atoms with E-state index >= 15 is 0 Å². The van der Waals surface area contributed by atoms with Crippen LogP contribution in [0.5, 0.6) is 0 Å². The maximum Gasteiger partial charge on any atom is 0.0401 e. The number of rotatable bonds is 1. The molecule has 2 rings (SSSR count). The number of hydrazone groups is 1. The van der Waals surface area contributed by atoms with Crippen LogP contribution in [0.3, 0.4) is 0 Å². The zero-order valence-electron chi connectivity index (χ0n) is 8.21. The molecule has 0 aromatic carbocycles. The van der Waals surface area contributed by atoms with Gasteiger partial charge in [0.2, 0.25) is 0 Å². The Morgan fingerprint density at radius 3 is 2.31 bits per heavy atom. The van der Waals surface area contributed by atoms with Crippen LogP contribution in [0.1, 0.15) is 38.5 Å². The van der Waals surface area contributed by atoms with Gasteiger partial charge in [0.25, 0.3) is 0 Å². The number of piperidine rings is 1. The molecule has 0 atom stereocenters. The van der Waals surface area contributed by atoms with E-state index in [9.17, 15) is 0 Å². The van der Waals surface area contributed by atoms with E-state index in [1.54, 1.807) is 0 Å². The second-order valence-corrected chi connectivity index (χ2v) is 4.17. The fourth-order valence-corrected chi connectivity index (χ4v) is 2.55. The molecule has 3 nitrogen and oxygen atoms in total. The van der Waals surface area contributed by atoms with E-state index in [-0.39, 0.29) is 0 Å². The largest absolute Gasteiger partial charge is 0.323 e. The highest BCUT2D eigenvalue weighted by Gasteiger charge is 2.25. The molecule has 1 heterocycles. The molecule has 3 heteroatoms. The lowest BCUT2D eigenvalue weighted by atomic mass is 10.1. The molecule has 0 radical (unpaired) electrons. The predicted molar refractivity (Wildman–Crippen MR) is 54.7 cm³/mol. The first-order valence-electron chi connectivity index (χ1n) is 5.40. The van der Waals surface area contributed by atoms with Gasteiger partial charge in [-0.2, -0.15) is 5.10 Å². The van der Waals surface area contributed by atoms with Crippen molar-refractivity contribution in [2.45, 2.75) is 44.6 Å². The van der Waals surface area contributed by atoms with Crippen LogP contribution in [-0.2, 0) is 0 Å². The third-order valence-electron chi connectivity index (χ3n) is 3.40. The Morgan fingerprint density at radius 1 is 1.15 bits per heavy atom. The molecule has 1 saturated heterocycles. The van der Waals surface area contributed by atoms with Gasteiger partial charge in [0.05, 0.1) is 0 Å². The third kappa shape index (κ3) is 2.02. The molecule has 2 N–H and O–H groups in total. The highest BCUT2D eigenvalue weighted by atomic mass is 15.2. The Bertz CT molecular complexity index is 184. The van der Waals surface area contributed by atoms with Crippen molar-refractivity contribution in [3.8, 4) is 0 Å². The van der Waals surface area contributed by atoms with E-state index in [0.29, 0.717) is 0 Å². The summed E-state index contributed by atoms with van der Waals surface area (Å²) in [5, 5.41) is 3.80. The Hall–Kier alpha value is -0.570. The second kappa shape index (κ2) is 4.09. The predicted octanol–water partition coefficient (Wildman–Crippen LogP) is 1.34. The Morgan fingerprint density at radius 2 is 1.77 bits per heavy atom.